The number of hydrogen-bond acceptors (Lipinski definition) is 1. The van der Waals surface area contributed by atoms with E-state index in [4.69, 9.17) is 5.26 Å². The van der Waals surface area contributed by atoms with Crippen LogP contribution in [0.5, 0.6) is 0 Å². The van der Waals surface area contributed by atoms with Crippen molar-refractivity contribution in [2.24, 2.45) is 0 Å². The Morgan fingerprint density at radius 3 is 2.46 bits per heavy atom. The fourth-order valence-electron chi connectivity index (χ4n) is 2.20. The Labute approximate surface area is 81.7 Å². The topological polar surface area (TPSA) is 23.8 Å². The zero-order valence-electron chi connectivity index (χ0n) is 8.76. The Morgan fingerprint density at radius 2 is 1.85 bits per heavy atom. The van der Waals surface area contributed by atoms with E-state index in [2.05, 4.69) is 13.1 Å². The second kappa shape index (κ2) is 5.24. The number of hydrogen-bond donors (Lipinski definition) is 0. The maximum absolute atomic E-state index is 8.41. The summed E-state index contributed by atoms with van der Waals surface area (Å²) in [5, 5.41) is 8.41. The molecule has 1 aliphatic rings. The van der Waals surface area contributed by atoms with Crippen molar-refractivity contribution in [1.29, 1.82) is 5.26 Å². The molecule has 0 radical (unpaired) electrons. The molecule has 0 amide bonds. The number of piperidine rings is 1. The van der Waals surface area contributed by atoms with Gasteiger partial charge in [0.05, 0.1) is 32.8 Å². The van der Waals surface area contributed by atoms with Gasteiger partial charge in [-0.1, -0.05) is 0 Å². The molecule has 0 aromatic heterocycles. The number of nitriles is 1. The molecule has 0 bridgehead atoms. The van der Waals surface area contributed by atoms with Gasteiger partial charge in [-0.15, -0.1) is 0 Å². The molecule has 2 nitrogen and oxygen atoms in total. The van der Waals surface area contributed by atoms with Crippen molar-refractivity contribution < 1.29 is 4.48 Å². The summed E-state index contributed by atoms with van der Waals surface area (Å²) in [6.07, 6.45) is 7.27. The molecule has 0 spiro atoms. The fraction of sp³-hybridized carbons (Fsp3) is 0.909. The highest BCUT2D eigenvalue weighted by Crippen LogP contribution is 2.17. The average molecular weight is 181 g/mol. The first kappa shape index (κ1) is 10.5. The molecule has 0 atom stereocenters. The molecule has 2 heteroatoms. The van der Waals surface area contributed by atoms with E-state index in [9.17, 15) is 0 Å². The van der Waals surface area contributed by atoms with Gasteiger partial charge in [0.2, 0.25) is 0 Å². The monoisotopic (exact) mass is 181 g/mol. The maximum Gasteiger partial charge on any atom is 0.0784 e. The predicted molar refractivity (Wildman–Crippen MR) is 54.1 cm³/mol. The summed E-state index contributed by atoms with van der Waals surface area (Å²) in [6, 6.07) is 2.21. The maximum atomic E-state index is 8.41. The van der Waals surface area contributed by atoms with Gasteiger partial charge in [0.1, 0.15) is 0 Å². The second-order valence-electron chi connectivity index (χ2n) is 4.47. The Bertz CT molecular complexity index is 175. The largest absolute Gasteiger partial charge is 0.326 e. The van der Waals surface area contributed by atoms with E-state index in [-0.39, 0.29) is 0 Å². The summed E-state index contributed by atoms with van der Waals surface area (Å²) in [5.41, 5.74) is 0. The van der Waals surface area contributed by atoms with Crippen molar-refractivity contribution in [3.63, 3.8) is 0 Å². The summed E-state index contributed by atoms with van der Waals surface area (Å²) >= 11 is 0. The van der Waals surface area contributed by atoms with Crippen LogP contribution < -0.4 is 0 Å². The first-order valence-electron chi connectivity index (χ1n) is 5.47. The summed E-state index contributed by atoms with van der Waals surface area (Å²) in [6.45, 7) is 3.99. The van der Waals surface area contributed by atoms with E-state index >= 15 is 0 Å². The number of likely N-dealkylation sites (tertiary alicyclic amines) is 1. The van der Waals surface area contributed by atoms with Crippen LogP contribution in [-0.4, -0.2) is 31.2 Å². The molecular weight excluding hydrogens is 160 g/mol. The quantitative estimate of drug-likeness (QED) is 0.482. The van der Waals surface area contributed by atoms with Crippen molar-refractivity contribution in [2.45, 2.75) is 38.5 Å². The molecule has 0 aromatic carbocycles. The number of unbranched alkanes of at least 4 members (excludes halogenated alkanes) is 2. The van der Waals surface area contributed by atoms with Gasteiger partial charge in [0, 0.05) is 6.42 Å². The average Bonchev–Trinajstić information content (AvgIpc) is 2.14. The zero-order chi connectivity index (χ0) is 9.57. The van der Waals surface area contributed by atoms with Crippen LogP contribution in [0, 0.1) is 11.3 Å². The van der Waals surface area contributed by atoms with Crippen LogP contribution in [0.2, 0.25) is 0 Å². The van der Waals surface area contributed by atoms with E-state index in [1.807, 2.05) is 0 Å². The summed E-state index contributed by atoms with van der Waals surface area (Å²) in [7, 11) is 2.37. The highest BCUT2D eigenvalue weighted by atomic mass is 15.3. The van der Waals surface area contributed by atoms with E-state index in [1.54, 1.807) is 0 Å². The predicted octanol–water partition coefficient (Wildman–Crippen LogP) is 2.31. The molecule has 0 saturated carbocycles. The molecule has 1 saturated heterocycles. The molecule has 0 aromatic rings. The van der Waals surface area contributed by atoms with Gasteiger partial charge in [-0.05, 0) is 32.1 Å². The van der Waals surface area contributed by atoms with Crippen molar-refractivity contribution >= 4 is 0 Å². The third kappa shape index (κ3) is 3.78. The van der Waals surface area contributed by atoms with Gasteiger partial charge in [-0.3, -0.25) is 0 Å². The SMILES string of the molecule is C[N+]1(CCCCC#N)CCCCC1. The molecule has 1 rings (SSSR count). The van der Waals surface area contributed by atoms with Gasteiger partial charge in [0.25, 0.3) is 0 Å². The number of nitrogens with zero attached hydrogens (tertiary/aromatic N) is 2. The molecule has 13 heavy (non-hydrogen) atoms. The molecule has 1 heterocycles. The van der Waals surface area contributed by atoms with Gasteiger partial charge >= 0.3 is 0 Å². The Morgan fingerprint density at radius 1 is 1.15 bits per heavy atom. The smallest absolute Gasteiger partial charge is 0.0784 e. The van der Waals surface area contributed by atoms with E-state index in [0.717, 1.165) is 12.8 Å². The third-order valence-electron chi connectivity index (χ3n) is 3.13. The molecule has 0 aliphatic carbocycles. The van der Waals surface area contributed by atoms with E-state index in [1.165, 1.54) is 49.8 Å². The summed E-state index contributed by atoms with van der Waals surface area (Å²) in [4.78, 5) is 0. The van der Waals surface area contributed by atoms with Crippen molar-refractivity contribution in [3.8, 4) is 6.07 Å². The number of quaternary nitrogens is 1. The van der Waals surface area contributed by atoms with Crippen LogP contribution in [-0.2, 0) is 0 Å². The van der Waals surface area contributed by atoms with Crippen molar-refractivity contribution in [3.05, 3.63) is 0 Å². The third-order valence-corrected chi connectivity index (χ3v) is 3.13. The zero-order valence-corrected chi connectivity index (χ0v) is 8.76. The minimum Gasteiger partial charge on any atom is -0.326 e. The van der Waals surface area contributed by atoms with Gasteiger partial charge in [-0.25, -0.2) is 0 Å². The minimum atomic E-state index is 0.736. The van der Waals surface area contributed by atoms with Crippen LogP contribution >= 0.6 is 0 Å². The minimum absolute atomic E-state index is 0.736. The molecule has 74 valence electrons. The standard InChI is InChI=1S/C11H21N2/c1-13(9-5-2-4-8-12)10-6-3-7-11-13/h2-7,9-11H2,1H3/q+1. The lowest BCUT2D eigenvalue weighted by molar-refractivity contribution is -0.914. The van der Waals surface area contributed by atoms with Gasteiger partial charge in [0.15, 0.2) is 0 Å². The number of rotatable bonds is 4. The Hall–Kier alpha value is -0.550. The first-order valence-corrected chi connectivity index (χ1v) is 5.47. The lowest BCUT2D eigenvalue weighted by Gasteiger charge is -2.37. The molecule has 0 N–H and O–H groups in total. The van der Waals surface area contributed by atoms with Gasteiger partial charge < -0.3 is 4.48 Å². The second-order valence-corrected chi connectivity index (χ2v) is 4.47. The first-order chi connectivity index (χ1) is 6.27. The van der Waals surface area contributed by atoms with Crippen LogP contribution in [0.3, 0.4) is 0 Å². The molecule has 1 aliphatic heterocycles. The van der Waals surface area contributed by atoms with E-state index in [0.29, 0.717) is 0 Å². The lowest BCUT2D eigenvalue weighted by atomic mass is 10.1. The molecular formula is C11H21N2+. The summed E-state index contributed by atoms with van der Waals surface area (Å²) < 4.78 is 1.26. The normalized spacial score (nSPS) is 20.9. The van der Waals surface area contributed by atoms with Crippen LogP contribution in [0.25, 0.3) is 0 Å². The Balaban J connectivity index is 2.14. The Kier molecular flexibility index (Phi) is 4.24. The van der Waals surface area contributed by atoms with Gasteiger partial charge in [-0.2, -0.15) is 5.26 Å². The lowest BCUT2D eigenvalue weighted by Crippen LogP contribution is -2.48. The summed E-state index contributed by atoms with van der Waals surface area (Å²) in [5.74, 6) is 0. The van der Waals surface area contributed by atoms with E-state index < -0.39 is 0 Å². The van der Waals surface area contributed by atoms with Crippen LogP contribution in [0.4, 0.5) is 0 Å². The molecule has 0 unspecified atom stereocenters. The van der Waals surface area contributed by atoms with Crippen LogP contribution in [0.1, 0.15) is 38.5 Å². The highest BCUT2D eigenvalue weighted by Gasteiger charge is 2.23. The fourth-order valence-corrected chi connectivity index (χ4v) is 2.20. The molecule has 1 fully saturated rings. The van der Waals surface area contributed by atoms with Crippen LogP contribution in [0.15, 0.2) is 0 Å². The highest BCUT2D eigenvalue weighted by molar-refractivity contribution is 4.67. The van der Waals surface area contributed by atoms with Crippen molar-refractivity contribution in [2.75, 3.05) is 26.7 Å². The van der Waals surface area contributed by atoms with Crippen molar-refractivity contribution in [1.82, 2.24) is 0 Å².